The maximum Gasteiger partial charge on any atom is 0.280 e. The van der Waals surface area contributed by atoms with Gasteiger partial charge >= 0.3 is 0 Å². The fourth-order valence-corrected chi connectivity index (χ4v) is 1.67. The minimum atomic E-state index is -0.652. The quantitative estimate of drug-likeness (QED) is 0.485. The molecule has 0 atom stereocenters. The van der Waals surface area contributed by atoms with Crippen LogP contribution in [0.1, 0.15) is 15.9 Å². The van der Waals surface area contributed by atoms with Crippen LogP contribution in [0.15, 0.2) is 36.4 Å². The lowest BCUT2D eigenvalue weighted by atomic mass is 10.2. The van der Waals surface area contributed by atoms with Crippen molar-refractivity contribution in [2.24, 2.45) is 0 Å². The number of aryl methyl sites for hydroxylation is 1. The highest BCUT2D eigenvalue weighted by Crippen LogP contribution is 2.29. The number of halogens is 1. The Morgan fingerprint density at radius 1 is 1.25 bits per heavy atom. The van der Waals surface area contributed by atoms with Crippen LogP contribution >= 0.6 is 0 Å². The Hall–Kier alpha value is -2.76. The van der Waals surface area contributed by atoms with Crippen molar-refractivity contribution in [3.63, 3.8) is 0 Å². The molecule has 0 heterocycles. The van der Waals surface area contributed by atoms with Gasteiger partial charge in [0.05, 0.1) is 10.5 Å². The first-order chi connectivity index (χ1) is 9.51. The van der Waals surface area contributed by atoms with Gasteiger partial charge in [0.2, 0.25) is 0 Å². The van der Waals surface area contributed by atoms with E-state index in [4.69, 9.17) is 4.74 Å². The molecule has 0 spiro atoms. The van der Waals surface area contributed by atoms with Crippen molar-refractivity contribution < 1.29 is 18.8 Å². The fourth-order valence-electron chi connectivity index (χ4n) is 1.67. The summed E-state index contributed by atoms with van der Waals surface area (Å²) in [6.07, 6.45) is 0.378. The summed E-state index contributed by atoms with van der Waals surface area (Å²) in [5.41, 5.74) is 0.308. The largest absolute Gasteiger partial charge is 0.457 e. The van der Waals surface area contributed by atoms with Crippen LogP contribution in [-0.4, -0.2) is 11.2 Å². The van der Waals surface area contributed by atoms with Gasteiger partial charge in [0.25, 0.3) is 5.69 Å². The third-order valence-electron chi connectivity index (χ3n) is 2.70. The minimum absolute atomic E-state index is 0.0958. The topological polar surface area (TPSA) is 69.4 Å². The molecule has 0 unspecified atom stereocenters. The highest BCUT2D eigenvalue weighted by Gasteiger charge is 2.14. The van der Waals surface area contributed by atoms with Gasteiger partial charge in [-0.2, -0.15) is 0 Å². The number of nitro benzene ring substituents is 1. The van der Waals surface area contributed by atoms with Gasteiger partial charge in [0, 0.05) is 12.1 Å². The first kappa shape index (κ1) is 13.7. The van der Waals surface area contributed by atoms with Crippen LogP contribution in [-0.2, 0) is 0 Å². The number of hydrogen-bond acceptors (Lipinski definition) is 4. The molecule has 2 aromatic rings. The van der Waals surface area contributed by atoms with Crippen molar-refractivity contribution in [3.05, 3.63) is 63.5 Å². The number of carbonyl (C=O) groups is 1. The zero-order valence-corrected chi connectivity index (χ0v) is 10.5. The van der Waals surface area contributed by atoms with E-state index in [1.54, 1.807) is 13.0 Å². The van der Waals surface area contributed by atoms with Crippen LogP contribution in [0.3, 0.4) is 0 Å². The summed E-state index contributed by atoms with van der Waals surface area (Å²) in [4.78, 5) is 20.9. The van der Waals surface area contributed by atoms with Crippen LogP contribution < -0.4 is 4.74 Å². The molecular weight excluding hydrogens is 265 g/mol. The molecule has 102 valence electrons. The number of ether oxygens (including phenoxy) is 1. The Labute approximate surface area is 113 Å². The molecule has 0 saturated carbocycles. The van der Waals surface area contributed by atoms with Crippen molar-refractivity contribution in [3.8, 4) is 11.5 Å². The first-order valence-electron chi connectivity index (χ1n) is 5.69. The van der Waals surface area contributed by atoms with E-state index in [1.807, 2.05) is 0 Å². The molecule has 6 heteroatoms. The lowest BCUT2D eigenvalue weighted by Crippen LogP contribution is -1.95. The Morgan fingerprint density at radius 3 is 2.65 bits per heavy atom. The number of nitrogens with zero attached hydrogens (tertiary/aromatic N) is 1. The van der Waals surface area contributed by atoms with Crippen molar-refractivity contribution >= 4 is 12.0 Å². The van der Waals surface area contributed by atoms with Gasteiger partial charge in [-0.3, -0.25) is 14.9 Å². The van der Waals surface area contributed by atoms with E-state index < -0.39 is 10.7 Å². The van der Waals surface area contributed by atoms with Crippen molar-refractivity contribution in [2.45, 2.75) is 6.92 Å². The molecule has 0 N–H and O–H groups in total. The van der Waals surface area contributed by atoms with Gasteiger partial charge in [0.1, 0.15) is 17.3 Å². The van der Waals surface area contributed by atoms with Gasteiger partial charge in [-0.05, 0) is 30.7 Å². The third kappa shape index (κ3) is 2.80. The van der Waals surface area contributed by atoms with Crippen LogP contribution in [0.4, 0.5) is 10.1 Å². The Morgan fingerprint density at radius 2 is 2.00 bits per heavy atom. The number of benzene rings is 2. The normalized spacial score (nSPS) is 10.1. The zero-order valence-electron chi connectivity index (χ0n) is 10.5. The lowest BCUT2D eigenvalue weighted by molar-refractivity contribution is -0.385. The molecular formula is C14H10FNO4. The predicted octanol–water partition coefficient (Wildman–Crippen LogP) is 3.65. The lowest BCUT2D eigenvalue weighted by Gasteiger charge is -2.09. The second kappa shape index (κ2) is 5.48. The molecule has 0 fully saturated rings. The summed E-state index contributed by atoms with van der Waals surface area (Å²) in [7, 11) is 0. The summed E-state index contributed by atoms with van der Waals surface area (Å²) < 4.78 is 18.6. The number of carbonyl (C=O) groups excluding carboxylic acids is 1. The number of hydrogen-bond donors (Lipinski definition) is 0. The minimum Gasteiger partial charge on any atom is -0.457 e. The van der Waals surface area contributed by atoms with Crippen molar-refractivity contribution in [1.29, 1.82) is 0 Å². The average Bonchev–Trinajstić information content (AvgIpc) is 2.42. The van der Waals surface area contributed by atoms with E-state index in [1.165, 1.54) is 30.3 Å². The Bertz CT molecular complexity index is 685. The standard InChI is InChI=1S/C14H10FNO4/c1-9-2-3-11(15)7-14(9)20-12-4-5-13(16(18)19)10(6-12)8-17/h2-8H,1H3. The van der Waals surface area contributed by atoms with Gasteiger partial charge < -0.3 is 4.74 Å². The monoisotopic (exact) mass is 275 g/mol. The van der Waals surface area contributed by atoms with Gasteiger partial charge in [0.15, 0.2) is 6.29 Å². The highest BCUT2D eigenvalue weighted by atomic mass is 19.1. The van der Waals surface area contributed by atoms with Gasteiger partial charge in [-0.25, -0.2) is 4.39 Å². The number of aldehydes is 1. The molecule has 0 radical (unpaired) electrons. The average molecular weight is 275 g/mol. The molecule has 0 aliphatic heterocycles. The molecule has 0 amide bonds. The molecule has 0 bridgehead atoms. The van der Waals surface area contributed by atoms with Gasteiger partial charge in [-0.15, -0.1) is 0 Å². The summed E-state index contributed by atoms with van der Waals surface area (Å²) >= 11 is 0. The van der Waals surface area contributed by atoms with E-state index in [2.05, 4.69) is 0 Å². The van der Waals surface area contributed by atoms with E-state index in [9.17, 15) is 19.3 Å². The molecule has 20 heavy (non-hydrogen) atoms. The fraction of sp³-hybridized carbons (Fsp3) is 0.0714. The summed E-state index contributed by atoms with van der Waals surface area (Å²) in [6.45, 7) is 1.74. The molecule has 5 nitrogen and oxygen atoms in total. The van der Waals surface area contributed by atoms with Crippen LogP contribution in [0.25, 0.3) is 0 Å². The van der Waals surface area contributed by atoms with E-state index in [0.29, 0.717) is 11.8 Å². The Balaban J connectivity index is 2.37. The van der Waals surface area contributed by atoms with E-state index in [0.717, 1.165) is 0 Å². The second-order valence-electron chi connectivity index (χ2n) is 4.11. The van der Waals surface area contributed by atoms with E-state index in [-0.39, 0.29) is 22.7 Å². The molecule has 0 aliphatic rings. The first-order valence-corrected chi connectivity index (χ1v) is 5.69. The molecule has 0 aliphatic carbocycles. The maximum atomic E-state index is 13.1. The molecule has 2 rings (SSSR count). The summed E-state index contributed by atoms with van der Waals surface area (Å²) in [5.74, 6) is 0.0604. The number of rotatable bonds is 4. The second-order valence-corrected chi connectivity index (χ2v) is 4.11. The van der Waals surface area contributed by atoms with Crippen LogP contribution in [0.5, 0.6) is 11.5 Å². The molecule has 2 aromatic carbocycles. The van der Waals surface area contributed by atoms with Crippen molar-refractivity contribution in [2.75, 3.05) is 0 Å². The van der Waals surface area contributed by atoms with Crippen molar-refractivity contribution in [1.82, 2.24) is 0 Å². The Kier molecular flexibility index (Phi) is 3.74. The third-order valence-corrected chi connectivity index (χ3v) is 2.70. The van der Waals surface area contributed by atoms with Gasteiger partial charge in [-0.1, -0.05) is 6.07 Å². The maximum absolute atomic E-state index is 13.1. The van der Waals surface area contributed by atoms with E-state index >= 15 is 0 Å². The predicted molar refractivity (Wildman–Crippen MR) is 69.7 cm³/mol. The number of nitro groups is 1. The molecule has 0 saturated heterocycles. The zero-order chi connectivity index (χ0) is 14.7. The summed E-state index contributed by atoms with van der Waals surface area (Å²) in [5, 5.41) is 10.7. The van der Waals surface area contributed by atoms with Crippen LogP contribution in [0, 0.1) is 22.9 Å². The summed E-state index contributed by atoms with van der Waals surface area (Å²) in [6, 6.07) is 7.83. The highest BCUT2D eigenvalue weighted by molar-refractivity contribution is 5.82. The van der Waals surface area contributed by atoms with Crippen LogP contribution in [0.2, 0.25) is 0 Å². The smallest absolute Gasteiger partial charge is 0.280 e. The molecule has 0 aromatic heterocycles. The SMILES string of the molecule is Cc1ccc(F)cc1Oc1ccc([N+](=O)[O-])c(C=O)c1.